The molecule has 1 aromatic carbocycles. The van der Waals surface area contributed by atoms with E-state index in [1.54, 1.807) is 24.3 Å². The van der Waals surface area contributed by atoms with E-state index in [1.807, 2.05) is 4.90 Å². The van der Waals surface area contributed by atoms with E-state index in [1.165, 1.54) is 11.6 Å². The van der Waals surface area contributed by atoms with Gasteiger partial charge in [-0.1, -0.05) is 41.4 Å². The first-order valence-corrected chi connectivity index (χ1v) is 6.91. The van der Waals surface area contributed by atoms with E-state index in [2.05, 4.69) is 6.58 Å². The van der Waals surface area contributed by atoms with Crippen molar-refractivity contribution in [3.8, 4) is 0 Å². The Bertz CT molecular complexity index is 507. The number of nitrogens with zero attached hydrogens (tertiary/aromatic N) is 1. The first-order chi connectivity index (χ1) is 9.08. The summed E-state index contributed by atoms with van der Waals surface area (Å²) in [5.41, 5.74) is 1.89. The van der Waals surface area contributed by atoms with E-state index >= 15 is 0 Å². The van der Waals surface area contributed by atoms with Gasteiger partial charge in [0.2, 0.25) is 5.91 Å². The second kappa shape index (κ2) is 6.27. The molecule has 1 heterocycles. The van der Waals surface area contributed by atoms with Crippen LogP contribution in [-0.2, 0) is 4.79 Å². The molecule has 0 bridgehead atoms. The number of benzene rings is 1. The number of hydrogen-bond donors (Lipinski definition) is 0. The fraction of sp³-hybridized carbons (Fsp3) is 0.267. The molecular formula is C15H15Cl2NO. The Kier molecular flexibility index (Phi) is 4.67. The van der Waals surface area contributed by atoms with Gasteiger partial charge in [0.25, 0.3) is 0 Å². The molecule has 1 amide bonds. The number of halogens is 2. The molecule has 19 heavy (non-hydrogen) atoms. The first-order valence-electron chi connectivity index (χ1n) is 6.15. The summed E-state index contributed by atoms with van der Waals surface area (Å²) in [6, 6.07) is 5.28. The molecule has 1 aliphatic rings. The quantitative estimate of drug-likeness (QED) is 0.592. The van der Waals surface area contributed by atoms with Gasteiger partial charge in [-0.05, 0) is 31.1 Å². The summed E-state index contributed by atoms with van der Waals surface area (Å²) >= 11 is 12.1. The molecule has 0 N–H and O–H groups in total. The van der Waals surface area contributed by atoms with Crippen LogP contribution in [0.15, 0.2) is 36.4 Å². The molecule has 1 aromatic rings. The number of likely N-dealkylation sites (tertiary alicyclic amines) is 1. The van der Waals surface area contributed by atoms with E-state index in [0.717, 1.165) is 25.9 Å². The summed E-state index contributed by atoms with van der Waals surface area (Å²) in [5.74, 6) is -0.0107. The Hall–Kier alpha value is -1.25. The van der Waals surface area contributed by atoms with Crippen LogP contribution in [0.2, 0.25) is 10.0 Å². The Morgan fingerprint density at radius 3 is 2.37 bits per heavy atom. The molecule has 4 heteroatoms. The molecule has 2 rings (SSSR count). The number of rotatable bonds is 2. The Labute approximate surface area is 123 Å². The summed E-state index contributed by atoms with van der Waals surface area (Å²) in [6.07, 6.45) is 4.97. The summed E-state index contributed by atoms with van der Waals surface area (Å²) in [7, 11) is 0. The van der Waals surface area contributed by atoms with Gasteiger partial charge in [-0.3, -0.25) is 4.79 Å². The van der Waals surface area contributed by atoms with Crippen LogP contribution >= 0.6 is 23.2 Å². The van der Waals surface area contributed by atoms with Crippen molar-refractivity contribution in [1.29, 1.82) is 0 Å². The maximum Gasteiger partial charge on any atom is 0.246 e. The van der Waals surface area contributed by atoms with Crippen LogP contribution < -0.4 is 0 Å². The maximum atomic E-state index is 12.0. The predicted octanol–water partition coefficient (Wildman–Crippen LogP) is 4.19. The van der Waals surface area contributed by atoms with Crippen molar-refractivity contribution in [2.24, 2.45) is 0 Å². The number of carbonyl (C=O) groups is 1. The molecule has 0 spiro atoms. The maximum absolute atomic E-state index is 12.0. The van der Waals surface area contributed by atoms with Crippen molar-refractivity contribution >= 4 is 35.2 Å². The second-order valence-electron chi connectivity index (χ2n) is 4.54. The number of hydrogen-bond acceptors (Lipinski definition) is 1. The van der Waals surface area contributed by atoms with Crippen molar-refractivity contribution in [3.63, 3.8) is 0 Å². The third-order valence-electron chi connectivity index (χ3n) is 3.17. The van der Waals surface area contributed by atoms with Gasteiger partial charge in [0, 0.05) is 34.8 Å². The van der Waals surface area contributed by atoms with Gasteiger partial charge < -0.3 is 4.90 Å². The lowest BCUT2D eigenvalue weighted by Crippen LogP contribution is -2.34. The average molecular weight is 296 g/mol. The lowest BCUT2D eigenvalue weighted by molar-refractivity contribution is -0.126. The lowest BCUT2D eigenvalue weighted by atomic mass is 10.1. The molecule has 2 nitrogen and oxygen atoms in total. The van der Waals surface area contributed by atoms with E-state index in [4.69, 9.17) is 23.2 Å². The minimum Gasteiger partial charge on any atom is -0.339 e. The van der Waals surface area contributed by atoms with Gasteiger partial charge in [0.1, 0.15) is 0 Å². The summed E-state index contributed by atoms with van der Waals surface area (Å²) in [6.45, 7) is 5.40. The standard InChI is InChI=1S/C15H15Cl2NO/c1-11-7-9-18(10-8-11)15(19)6-5-12-13(16)3-2-4-14(12)17/h2-6H,1,7-10H2/b6-5+. The van der Waals surface area contributed by atoms with Crippen LogP contribution in [0, 0.1) is 0 Å². The topological polar surface area (TPSA) is 20.3 Å². The summed E-state index contributed by atoms with van der Waals surface area (Å²) in [5, 5.41) is 1.09. The van der Waals surface area contributed by atoms with Crippen LogP contribution in [0.4, 0.5) is 0 Å². The first kappa shape index (κ1) is 14.2. The minimum absolute atomic E-state index is 0.0107. The van der Waals surface area contributed by atoms with Crippen LogP contribution in [0.25, 0.3) is 6.08 Å². The molecular weight excluding hydrogens is 281 g/mol. The zero-order chi connectivity index (χ0) is 13.8. The van der Waals surface area contributed by atoms with Gasteiger partial charge in [0.15, 0.2) is 0 Å². The normalized spacial score (nSPS) is 16.1. The molecule has 0 aromatic heterocycles. The second-order valence-corrected chi connectivity index (χ2v) is 5.36. The minimum atomic E-state index is -0.0107. The smallest absolute Gasteiger partial charge is 0.246 e. The van der Waals surface area contributed by atoms with Crippen molar-refractivity contribution in [1.82, 2.24) is 4.90 Å². The van der Waals surface area contributed by atoms with Crippen molar-refractivity contribution in [2.75, 3.05) is 13.1 Å². The zero-order valence-corrected chi connectivity index (χ0v) is 12.0. The SMILES string of the molecule is C=C1CCN(C(=O)/C=C/c2c(Cl)cccc2Cl)CC1. The molecule has 0 saturated carbocycles. The van der Waals surface area contributed by atoms with Gasteiger partial charge in [-0.15, -0.1) is 0 Å². The Balaban J connectivity index is 2.06. The van der Waals surface area contributed by atoms with Crippen molar-refractivity contribution < 1.29 is 4.79 Å². The van der Waals surface area contributed by atoms with E-state index in [0.29, 0.717) is 15.6 Å². The third-order valence-corrected chi connectivity index (χ3v) is 3.83. The van der Waals surface area contributed by atoms with E-state index < -0.39 is 0 Å². The Morgan fingerprint density at radius 2 is 1.79 bits per heavy atom. The van der Waals surface area contributed by atoms with Crippen LogP contribution in [-0.4, -0.2) is 23.9 Å². The Morgan fingerprint density at radius 1 is 1.21 bits per heavy atom. The zero-order valence-electron chi connectivity index (χ0n) is 10.5. The fourth-order valence-electron chi connectivity index (χ4n) is 1.97. The van der Waals surface area contributed by atoms with Gasteiger partial charge in [0.05, 0.1) is 0 Å². The molecule has 0 aliphatic carbocycles. The van der Waals surface area contributed by atoms with Crippen molar-refractivity contribution in [2.45, 2.75) is 12.8 Å². The number of carbonyl (C=O) groups excluding carboxylic acids is 1. The van der Waals surface area contributed by atoms with E-state index in [-0.39, 0.29) is 5.91 Å². The predicted molar refractivity (Wildman–Crippen MR) is 80.5 cm³/mol. The third kappa shape index (κ3) is 3.62. The van der Waals surface area contributed by atoms with Gasteiger partial charge in [-0.25, -0.2) is 0 Å². The lowest BCUT2D eigenvalue weighted by Gasteiger charge is -2.26. The summed E-state index contributed by atoms with van der Waals surface area (Å²) in [4.78, 5) is 13.8. The average Bonchev–Trinajstić information content (AvgIpc) is 2.38. The molecule has 1 fully saturated rings. The highest BCUT2D eigenvalue weighted by molar-refractivity contribution is 6.37. The van der Waals surface area contributed by atoms with Crippen LogP contribution in [0.3, 0.4) is 0 Å². The molecule has 0 atom stereocenters. The molecule has 1 saturated heterocycles. The fourth-order valence-corrected chi connectivity index (χ4v) is 2.50. The molecule has 0 radical (unpaired) electrons. The highest BCUT2D eigenvalue weighted by Gasteiger charge is 2.16. The largest absolute Gasteiger partial charge is 0.339 e. The molecule has 0 unspecified atom stereocenters. The van der Waals surface area contributed by atoms with Crippen LogP contribution in [0.1, 0.15) is 18.4 Å². The highest BCUT2D eigenvalue weighted by atomic mass is 35.5. The van der Waals surface area contributed by atoms with Gasteiger partial charge >= 0.3 is 0 Å². The highest BCUT2D eigenvalue weighted by Crippen LogP contribution is 2.25. The number of amides is 1. The van der Waals surface area contributed by atoms with Crippen LogP contribution in [0.5, 0.6) is 0 Å². The monoisotopic (exact) mass is 295 g/mol. The molecule has 100 valence electrons. The number of piperidine rings is 1. The van der Waals surface area contributed by atoms with E-state index in [9.17, 15) is 4.79 Å². The van der Waals surface area contributed by atoms with Gasteiger partial charge in [-0.2, -0.15) is 0 Å². The summed E-state index contributed by atoms with van der Waals surface area (Å²) < 4.78 is 0. The van der Waals surface area contributed by atoms with Crippen molar-refractivity contribution in [3.05, 3.63) is 52.0 Å². The molecule has 1 aliphatic heterocycles.